The lowest BCUT2D eigenvalue weighted by Gasteiger charge is -2.33. The molecule has 2 heterocycles. The van der Waals surface area contributed by atoms with Crippen LogP contribution in [0.5, 0.6) is 0 Å². The average molecular weight is 429 g/mol. The number of likely N-dealkylation sites (tertiary alicyclic amines) is 1. The zero-order chi connectivity index (χ0) is 21.3. The van der Waals surface area contributed by atoms with E-state index >= 15 is 0 Å². The second-order valence-corrected chi connectivity index (χ2v) is 9.28. The average Bonchev–Trinajstić information content (AvgIpc) is 3.18. The van der Waals surface area contributed by atoms with Crippen LogP contribution in [0.4, 0.5) is 0 Å². The second kappa shape index (κ2) is 11.6. The molecule has 1 amide bonds. The molecule has 0 aliphatic carbocycles. The zero-order valence-electron chi connectivity index (χ0n) is 18.6. The molecular weight excluding hydrogens is 392 g/mol. The van der Waals surface area contributed by atoms with Crippen molar-refractivity contribution in [3.63, 3.8) is 0 Å². The maximum atomic E-state index is 12.9. The first-order valence-electron chi connectivity index (χ1n) is 11.3. The fourth-order valence-electron chi connectivity index (χ4n) is 4.38. The summed E-state index contributed by atoms with van der Waals surface area (Å²) in [5.74, 6) is 0.358. The molecule has 0 spiro atoms. The molecule has 1 aliphatic heterocycles. The van der Waals surface area contributed by atoms with Gasteiger partial charge in [-0.15, -0.1) is 11.3 Å². The summed E-state index contributed by atoms with van der Waals surface area (Å²) in [5, 5.41) is 6.55. The number of likely N-dealkylation sites (N-methyl/N-ethyl adjacent to an activating group) is 1. The van der Waals surface area contributed by atoms with E-state index in [1.54, 1.807) is 11.3 Å². The lowest BCUT2D eigenvalue weighted by Crippen LogP contribution is -2.47. The van der Waals surface area contributed by atoms with Gasteiger partial charge < -0.3 is 5.32 Å². The summed E-state index contributed by atoms with van der Waals surface area (Å²) < 4.78 is 0. The maximum Gasteiger partial charge on any atom is 0.223 e. The Labute approximate surface area is 185 Å². The van der Waals surface area contributed by atoms with Crippen LogP contribution in [-0.2, 0) is 17.8 Å². The highest BCUT2D eigenvalue weighted by Crippen LogP contribution is 2.20. The summed E-state index contributed by atoms with van der Waals surface area (Å²) in [6, 6.07) is 10.9. The van der Waals surface area contributed by atoms with Crippen molar-refractivity contribution < 1.29 is 4.79 Å². The molecule has 3 rings (SSSR count). The van der Waals surface area contributed by atoms with Crippen LogP contribution < -0.4 is 5.32 Å². The molecule has 2 aromatic rings. The number of piperidine rings is 1. The molecule has 1 saturated heterocycles. The second-order valence-electron chi connectivity index (χ2n) is 8.22. The standard InChI is InChI=1S/C24H36N4OS/c1-4-28(5-2)23(15-20-9-7-6-8-10-20)16-25-24(29)21-11-13-27(14-12-21)17-22-18-30-19(3)26-22/h6-10,18,21,23H,4-5,11-17H2,1-3H3,(H,25,29). The molecule has 5 nitrogen and oxygen atoms in total. The van der Waals surface area contributed by atoms with E-state index in [1.807, 2.05) is 6.92 Å². The van der Waals surface area contributed by atoms with Crippen molar-refractivity contribution in [3.8, 4) is 0 Å². The van der Waals surface area contributed by atoms with Gasteiger partial charge in [-0.3, -0.25) is 14.6 Å². The third-order valence-corrected chi connectivity index (χ3v) is 6.99. The van der Waals surface area contributed by atoms with Gasteiger partial charge in [-0.2, -0.15) is 0 Å². The van der Waals surface area contributed by atoms with Crippen LogP contribution in [0.25, 0.3) is 0 Å². The van der Waals surface area contributed by atoms with E-state index < -0.39 is 0 Å². The van der Waals surface area contributed by atoms with Gasteiger partial charge in [0.25, 0.3) is 0 Å². The number of aromatic nitrogens is 1. The molecule has 0 bridgehead atoms. The van der Waals surface area contributed by atoms with Crippen molar-refractivity contribution in [1.82, 2.24) is 20.1 Å². The number of thiazole rings is 1. The van der Waals surface area contributed by atoms with Crippen molar-refractivity contribution in [3.05, 3.63) is 52.0 Å². The van der Waals surface area contributed by atoms with Gasteiger partial charge in [-0.05, 0) is 57.9 Å². The minimum absolute atomic E-state index is 0.132. The van der Waals surface area contributed by atoms with Crippen LogP contribution in [0.1, 0.15) is 43.0 Å². The number of carbonyl (C=O) groups excluding carboxylic acids is 1. The number of amides is 1. The Morgan fingerprint density at radius 1 is 1.23 bits per heavy atom. The van der Waals surface area contributed by atoms with Crippen molar-refractivity contribution in [2.75, 3.05) is 32.7 Å². The Kier molecular flexibility index (Phi) is 8.85. The molecule has 30 heavy (non-hydrogen) atoms. The Bertz CT molecular complexity index is 767. The maximum absolute atomic E-state index is 12.9. The predicted octanol–water partition coefficient (Wildman–Crippen LogP) is 3.73. The Hall–Kier alpha value is -1.76. The van der Waals surface area contributed by atoms with Gasteiger partial charge in [0.2, 0.25) is 5.91 Å². The van der Waals surface area contributed by atoms with Gasteiger partial charge in [0.1, 0.15) is 0 Å². The first kappa shape index (κ1) is 22.9. The normalized spacial score (nSPS) is 16.7. The molecule has 1 aliphatic rings. The van der Waals surface area contributed by atoms with E-state index in [-0.39, 0.29) is 11.8 Å². The van der Waals surface area contributed by atoms with E-state index in [4.69, 9.17) is 0 Å². The van der Waals surface area contributed by atoms with Crippen molar-refractivity contribution >= 4 is 17.2 Å². The number of nitrogens with one attached hydrogen (secondary N) is 1. The van der Waals surface area contributed by atoms with Gasteiger partial charge in [0.15, 0.2) is 0 Å². The SMILES string of the molecule is CCN(CC)C(CNC(=O)C1CCN(Cc2csc(C)n2)CC1)Cc1ccccc1. The number of benzene rings is 1. The van der Waals surface area contributed by atoms with Crippen molar-refractivity contribution in [1.29, 1.82) is 0 Å². The quantitative estimate of drug-likeness (QED) is 0.626. The summed E-state index contributed by atoms with van der Waals surface area (Å²) in [5.41, 5.74) is 2.48. The Balaban J connectivity index is 1.47. The lowest BCUT2D eigenvalue weighted by molar-refractivity contribution is -0.126. The summed E-state index contributed by atoms with van der Waals surface area (Å²) in [4.78, 5) is 22.3. The van der Waals surface area contributed by atoms with E-state index in [0.717, 1.165) is 62.7 Å². The van der Waals surface area contributed by atoms with E-state index in [1.165, 1.54) is 5.56 Å². The molecule has 1 aromatic heterocycles. The van der Waals surface area contributed by atoms with Crippen LogP contribution in [0.15, 0.2) is 35.7 Å². The molecule has 6 heteroatoms. The lowest BCUT2D eigenvalue weighted by atomic mass is 9.95. The van der Waals surface area contributed by atoms with Gasteiger partial charge in [-0.1, -0.05) is 44.2 Å². The highest BCUT2D eigenvalue weighted by Gasteiger charge is 2.26. The highest BCUT2D eigenvalue weighted by atomic mass is 32.1. The Morgan fingerprint density at radius 2 is 1.93 bits per heavy atom. The van der Waals surface area contributed by atoms with Crippen LogP contribution >= 0.6 is 11.3 Å². The summed E-state index contributed by atoms with van der Waals surface area (Å²) >= 11 is 1.71. The fourth-order valence-corrected chi connectivity index (χ4v) is 4.99. The Morgan fingerprint density at radius 3 is 2.53 bits per heavy atom. The van der Waals surface area contributed by atoms with E-state index in [9.17, 15) is 4.79 Å². The van der Waals surface area contributed by atoms with Crippen LogP contribution in [0.3, 0.4) is 0 Å². The zero-order valence-corrected chi connectivity index (χ0v) is 19.5. The molecule has 1 N–H and O–H groups in total. The summed E-state index contributed by atoms with van der Waals surface area (Å²) in [6.45, 7) is 12.0. The van der Waals surface area contributed by atoms with Crippen molar-refractivity contribution in [2.24, 2.45) is 5.92 Å². The minimum atomic E-state index is 0.132. The number of hydrogen-bond acceptors (Lipinski definition) is 5. The first-order chi connectivity index (χ1) is 14.6. The molecule has 0 radical (unpaired) electrons. The van der Waals surface area contributed by atoms with Crippen LogP contribution in [0.2, 0.25) is 0 Å². The van der Waals surface area contributed by atoms with Crippen LogP contribution in [0, 0.1) is 12.8 Å². The molecule has 1 aromatic carbocycles. The van der Waals surface area contributed by atoms with Gasteiger partial charge >= 0.3 is 0 Å². The van der Waals surface area contributed by atoms with Gasteiger partial charge in [0.05, 0.1) is 10.7 Å². The monoisotopic (exact) mass is 428 g/mol. The molecule has 0 saturated carbocycles. The number of aryl methyl sites for hydroxylation is 1. The number of carbonyl (C=O) groups is 1. The molecule has 1 atom stereocenters. The molecular formula is C24H36N4OS. The van der Waals surface area contributed by atoms with E-state index in [0.29, 0.717) is 12.6 Å². The van der Waals surface area contributed by atoms with Gasteiger partial charge in [0, 0.05) is 30.4 Å². The number of hydrogen-bond donors (Lipinski definition) is 1. The first-order valence-corrected chi connectivity index (χ1v) is 12.2. The predicted molar refractivity (Wildman–Crippen MR) is 125 cm³/mol. The van der Waals surface area contributed by atoms with Crippen molar-refractivity contribution in [2.45, 2.75) is 52.6 Å². The fraction of sp³-hybridized carbons (Fsp3) is 0.583. The van der Waals surface area contributed by atoms with E-state index in [2.05, 4.69) is 69.7 Å². The minimum Gasteiger partial charge on any atom is -0.354 e. The smallest absolute Gasteiger partial charge is 0.223 e. The molecule has 164 valence electrons. The molecule has 1 fully saturated rings. The number of nitrogens with zero attached hydrogens (tertiary/aromatic N) is 3. The summed E-state index contributed by atoms with van der Waals surface area (Å²) in [6.07, 6.45) is 2.83. The molecule has 1 unspecified atom stereocenters. The number of rotatable bonds is 10. The third kappa shape index (κ3) is 6.62. The summed E-state index contributed by atoms with van der Waals surface area (Å²) in [7, 11) is 0. The van der Waals surface area contributed by atoms with Crippen LogP contribution in [-0.4, -0.2) is 59.5 Å². The van der Waals surface area contributed by atoms with Gasteiger partial charge in [-0.25, -0.2) is 4.98 Å². The highest BCUT2D eigenvalue weighted by molar-refractivity contribution is 7.09. The topological polar surface area (TPSA) is 48.5 Å². The largest absolute Gasteiger partial charge is 0.354 e. The third-order valence-electron chi connectivity index (χ3n) is 6.17.